The van der Waals surface area contributed by atoms with Gasteiger partial charge in [0.05, 0.1) is 12.5 Å². The Kier molecular flexibility index (Phi) is 8.70. The third-order valence-electron chi connectivity index (χ3n) is 4.46. The molecule has 1 atom stereocenters. The summed E-state index contributed by atoms with van der Waals surface area (Å²) in [5, 5.41) is 14.8. The van der Waals surface area contributed by atoms with Crippen LogP contribution in [0.15, 0.2) is 0 Å². The van der Waals surface area contributed by atoms with Gasteiger partial charge < -0.3 is 19.8 Å². The highest BCUT2D eigenvalue weighted by Crippen LogP contribution is 2.24. The van der Waals surface area contributed by atoms with Crippen molar-refractivity contribution in [3.05, 3.63) is 0 Å². The zero-order chi connectivity index (χ0) is 18.1. The molecule has 1 unspecified atom stereocenters. The smallest absolute Gasteiger partial charge is 0.414 e. The van der Waals surface area contributed by atoms with E-state index in [9.17, 15) is 4.79 Å². The number of carboxylic acids is 2. The van der Waals surface area contributed by atoms with E-state index in [-0.39, 0.29) is 11.9 Å². The molecular formula is C16H28N2O6. The van der Waals surface area contributed by atoms with Gasteiger partial charge in [-0.05, 0) is 59.3 Å². The number of ether oxygens (including phenoxy) is 1. The van der Waals surface area contributed by atoms with Gasteiger partial charge in [0.25, 0.3) is 0 Å². The first-order chi connectivity index (χ1) is 11.3. The average Bonchev–Trinajstić information content (AvgIpc) is 2.56. The predicted octanol–water partition coefficient (Wildman–Crippen LogP) is 0.511. The summed E-state index contributed by atoms with van der Waals surface area (Å²) < 4.78 is 5.16. The molecule has 2 heterocycles. The monoisotopic (exact) mass is 344 g/mol. The van der Waals surface area contributed by atoms with Gasteiger partial charge in [-0.2, -0.15) is 0 Å². The topological polar surface area (TPSA) is 107 Å². The SMILES string of the molecule is CCOC(=O)C1CCCN(C2CCN(C)CC2)C1.O=C(O)C(=O)O. The molecule has 2 aliphatic rings. The number of nitrogens with zero attached hydrogens (tertiary/aromatic N) is 2. The van der Waals surface area contributed by atoms with E-state index in [1.807, 2.05) is 6.92 Å². The largest absolute Gasteiger partial charge is 0.473 e. The molecule has 2 N–H and O–H groups in total. The molecule has 2 rings (SSSR count). The van der Waals surface area contributed by atoms with Gasteiger partial charge in [0.15, 0.2) is 0 Å². The highest BCUT2D eigenvalue weighted by molar-refractivity contribution is 6.27. The van der Waals surface area contributed by atoms with Crippen LogP contribution >= 0.6 is 0 Å². The van der Waals surface area contributed by atoms with Crippen LogP contribution in [0.2, 0.25) is 0 Å². The number of hydrogen-bond acceptors (Lipinski definition) is 6. The molecule has 0 aromatic rings. The Labute approximate surface area is 142 Å². The lowest BCUT2D eigenvalue weighted by atomic mass is 9.94. The second-order valence-electron chi connectivity index (χ2n) is 6.23. The van der Waals surface area contributed by atoms with Crippen molar-refractivity contribution >= 4 is 17.9 Å². The number of rotatable bonds is 3. The number of hydrogen-bond donors (Lipinski definition) is 2. The lowest BCUT2D eigenvalue weighted by Gasteiger charge is -2.41. The first-order valence-electron chi connectivity index (χ1n) is 8.40. The standard InChI is InChI=1S/C14H26N2O2.C2H2O4/c1-3-18-14(17)12-5-4-8-16(11-12)13-6-9-15(2)10-7-13;3-1(4)2(5)6/h12-13H,3-11H2,1-2H3;(H,3,4)(H,5,6). The summed E-state index contributed by atoms with van der Waals surface area (Å²) in [4.78, 5) is 34.9. The number of piperidine rings is 2. The molecule has 0 radical (unpaired) electrons. The molecular weight excluding hydrogens is 316 g/mol. The van der Waals surface area contributed by atoms with Crippen molar-refractivity contribution in [2.75, 3.05) is 39.8 Å². The van der Waals surface area contributed by atoms with Gasteiger partial charge in [-0.15, -0.1) is 0 Å². The highest BCUT2D eigenvalue weighted by atomic mass is 16.5. The number of likely N-dealkylation sites (tertiary alicyclic amines) is 2. The minimum absolute atomic E-state index is 0.00938. The Morgan fingerprint density at radius 2 is 1.62 bits per heavy atom. The molecule has 0 amide bonds. The number of carboxylic acid groups (broad SMARTS) is 2. The molecule has 0 bridgehead atoms. The van der Waals surface area contributed by atoms with Crippen LogP contribution in [0.1, 0.15) is 32.6 Å². The Bertz CT molecular complexity index is 422. The fourth-order valence-corrected chi connectivity index (χ4v) is 3.15. The highest BCUT2D eigenvalue weighted by Gasteiger charge is 2.31. The molecule has 0 spiro atoms. The van der Waals surface area contributed by atoms with Gasteiger partial charge in [0, 0.05) is 12.6 Å². The summed E-state index contributed by atoms with van der Waals surface area (Å²) in [6.07, 6.45) is 4.62. The molecule has 2 saturated heterocycles. The predicted molar refractivity (Wildman–Crippen MR) is 86.7 cm³/mol. The van der Waals surface area contributed by atoms with Crippen LogP contribution in [0.5, 0.6) is 0 Å². The van der Waals surface area contributed by atoms with Gasteiger partial charge in [-0.3, -0.25) is 9.69 Å². The molecule has 0 aliphatic carbocycles. The maximum atomic E-state index is 11.8. The quantitative estimate of drug-likeness (QED) is 0.563. The molecule has 24 heavy (non-hydrogen) atoms. The van der Waals surface area contributed by atoms with Gasteiger partial charge in [-0.25, -0.2) is 9.59 Å². The van der Waals surface area contributed by atoms with Crippen molar-refractivity contribution in [1.29, 1.82) is 0 Å². The van der Waals surface area contributed by atoms with Crippen LogP contribution in [0.25, 0.3) is 0 Å². The van der Waals surface area contributed by atoms with E-state index >= 15 is 0 Å². The zero-order valence-corrected chi connectivity index (χ0v) is 14.4. The minimum atomic E-state index is -1.82. The Hall–Kier alpha value is -1.67. The van der Waals surface area contributed by atoms with Gasteiger partial charge in [0.2, 0.25) is 0 Å². The lowest BCUT2D eigenvalue weighted by Crippen LogP contribution is -2.49. The Morgan fingerprint density at radius 3 is 2.12 bits per heavy atom. The molecule has 8 nitrogen and oxygen atoms in total. The van der Waals surface area contributed by atoms with Gasteiger partial charge in [0.1, 0.15) is 0 Å². The Morgan fingerprint density at radius 1 is 1.04 bits per heavy atom. The van der Waals surface area contributed by atoms with E-state index in [0.29, 0.717) is 12.6 Å². The van der Waals surface area contributed by atoms with Crippen LogP contribution in [-0.4, -0.2) is 83.8 Å². The van der Waals surface area contributed by atoms with Crippen LogP contribution in [0.4, 0.5) is 0 Å². The second kappa shape index (κ2) is 10.2. The fourth-order valence-electron chi connectivity index (χ4n) is 3.15. The summed E-state index contributed by atoms with van der Waals surface area (Å²) in [7, 11) is 2.19. The van der Waals surface area contributed by atoms with Crippen molar-refractivity contribution in [2.24, 2.45) is 5.92 Å². The second-order valence-corrected chi connectivity index (χ2v) is 6.23. The van der Waals surface area contributed by atoms with E-state index < -0.39 is 11.9 Å². The molecule has 2 fully saturated rings. The zero-order valence-electron chi connectivity index (χ0n) is 14.4. The van der Waals surface area contributed by atoms with E-state index in [4.69, 9.17) is 24.5 Å². The summed E-state index contributed by atoms with van der Waals surface area (Å²) in [6, 6.07) is 0.679. The maximum absolute atomic E-state index is 11.8. The molecule has 2 aliphatic heterocycles. The first kappa shape index (κ1) is 20.4. The van der Waals surface area contributed by atoms with Crippen molar-refractivity contribution in [2.45, 2.75) is 38.6 Å². The van der Waals surface area contributed by atoms with Crippen molar-refractivity contribution < 1.29 is 29.3 Å². The summed E-state index contributed by atoms with van der Waals surface area (Å²) in [5.74, 6) is -3.53. The van der Waals surface area contributed by atoms with Crippen molar-refractivity contribution in [3.8, 4) is 0 Å². The van der Waals surface area contributed by atoms with E-state index in [1.54, 1.807) is 0 Å². The summed E-state index contributed by atoms with van der Waals surface area (Å²) in [6.45, 7) is 6.83. The van der Waals surface area contributed by atoms with Crippen LogP contribution < -0.4 is 0 Å². The molecule has 0 saturated carbocycles. The maximum Gasteiger partial charge on any atom is 0.414 e. The third-order valence-corrected chi connectivity index (χ3v) is 4.46. The lowest BCUT2D eigenvalue weighted by molar-refractivity contribution is -0.159. The molecule has 8 heteroatoms. The minimum Gasteiger partial charge on any atom is -0.473 e. The van der Waals surface area contributed by atoms with E-state index in [1.165, 1.54) is 25.9 Å². The number of carbonyl (C=O) groups is 3. The molecule has 0 aromatic heterocycles. The third kappa shape index (κ3) is 6.84. The van der Waals surface area contributed by atoms with E-state index in [0.717, 1.165) is 25.9 Å². The molecule has 0 aromatic carbocycles. The first-order valence-corrected chi connectivity index (χ1v) is 8.40. The molecule has 138 valence electrons. The fraction of sp³-hybridized carbons (Fsp3) is 0.812. The normalized spacial score (nSPS) is 23.0. The van der Waals surface area contributed by atoms with Crippen LogP contribution in [0, 0.1) is 5.92 Å². The van der Waals surface area contributed by atoms with Crippen LogP contribution in [-0.2, 0) is 19.1 Å². The number of carbonyl (C=O) groups excluding carboxylic acids is 1. The van der Waals surface area contributed by atoms with Gasteiger partial charge >= 0.3 is 17.9 Å². The number of esters is 1. The average molecular weight is 344 g/mol. The summed E-state index contributed by atoms with van der Waals surface area (Å²) >= 11 is 0. The number of aliphatic carboxylic acids is 2. The summed E-state index contributed by atoms with van der Waals surface area (Å²) in [5.41, 5.74) is 0. The van der Waals surface area contributed by atoms with Gasteiger partial charge in [-0.1, -0.05) is 0 Å². The van der Waals surface area contributed by atoms with Crippen LogP contribution in [0.3, 0.4) is 0 Å². The Balaban J connectivity index is 0.000000413. The van der Waals surface area contributed by atoms with Crippen molar-refractivity contribution in [3.63, 3.8) is 0 Å². The van der Waals surface area contributed by atoms with E-state index in [2.05, 4.69) is 16.8 Å². The van der Waals surface area contributed by atoms with Crippen molar-refractivity contribution in [1.82, 2.24) is 9.80 Å².